The third-order valence-electron chi connectivity index (χ3n) is 6.04. The van der Waals surface area contributed by atoms with Crippen molar-refractivity contribution < 1.29 is 27.1 Å². The number of rotatable bonds is 6. The van der Waals surface area contributed by atoms with E-state index < -0.39 is 33.7 Å². The Balaban J connectivity index is 1.53. The molecule has 7 nitrogen and oxygen atoms in total. The molecule has 1 fully saturated rings. The Bertz CT molecular complexity index is 1160. The fourth-order valence-corrected chi connectivity index (χ4v) is 7.31. The highest BCUT2D eigenvalue weighted by Gasteiger charge is 2.33. The van der Waals surface area contributed by atoms with Gasteiger partial charge in [0.2, 0.25) is 0 Å². The molecule has 2 N–H and O–H groups in total. The van der Waals surface area contributed by atoms with Gasteiger partial charge in [-0.1, -0.05) is 6.92 Å². The molecule has 1 aromatic heterocycles. The summed E-state index contributed by atoms with van der Waals surface area (Å²) in [7, 11) is -3.13. The zero-order valence-electron chi connectivity index (χ0n) is 18.5. The van der Waals surface area contributed by atoms with Crippen LogP contribution in [0.25, 0.3) is 0 Å². The molecular weight excluding hydrogens is 467 g/mol. The molecule has 3 atom stereocenters. The van der Waals surface area contributed by atoms with Gasteiger partial charge in [-0.25, -0.2) is 12.8 Å². The SMILES string of the molecule is C[C@@H]1CCc2c(sc(NC(=O)[C@H](C)Oc3ccc(F)cc3)c2C(=O)N[C@H]2CCS(=O)(=O)C2)C1. The molecule has 10 heteroatoms. The predicted octanol–water partition coefficient (Wildman–Crippen LogP) is 3.33. The number of benzene rings is 1. The second kappa shape index (κ2) is 9.42. The maximum Gasteiger partial charge on any atom is 0.265 e. The van der Waals surface area contributed by atoms with Gasteiger partial charge in [-0.05, 0) is 68.4 Å². The van der Waals surface area contributed by atoms with Crippen molar-refractivity contribution in [3.8, 4) is 5.75 Å². The van der Waals surface area contributed by atoms with Gasteiger partial charge in [0, 0.05) is 10.9 Å². The van der Waals surface area contributed by atoms with Crippen LogP contribution in [0.15, 0.2) is 24.3 Å². The van der Waals surface area contributed by atoms with Gasteiger partial charge < -0.3 is 15.4 Å². The van der Waals surface area contributed by atoms with E-state index in [0.717, 1.165) is 29.7 Å². The Morgan fingerprint density at radius 3 is 2.61 bits per heavy atom. The van der Waals surface area contributed by atoms with Crippen molar-refractivity contribution in [2.75, 3.05) is 16.8 Å². The minimum Gasteiger partial charge on any atom is -0.481 e. The molecule has 2 aliphatic rings. The maximum absolute atomic E-state index is 13.2. The molecule has 0 radical (unpaired) electrons. The molecular formula is C23H27FN2O5S2. The van der Waals surface area contributed by atoms with E-state index in [1.54, 1.807) is 6.92 Å². The lowest BCUT2D eigenvalue weighted by Gasteiger charge is -2.19. The topological polar surface area (TPSA) is 102 Å². The largest absolute Gasteiger partial charge is 0.481 e. The number of amides is 2. The molecule has 0 spiro atoms. The van der Waals surface area contributed by atoms with E-state index in [0.29, 0.717) is 28.7 Å². The predicted molar refractivity (Wildman–Crippen MR) is 125 cm³/mol. The van der Waals surface area contributed by atoms with Gasteiger partial charge in [-0.2, -0.15) is 0 Å². The number of anilines is 1. The van der Waals surface area contributed by atoms with E-state index in [2.05, 4.69) is 17.6 Å². The number of carbonyl (C=O) groups is 2. The molecule has 2 aromatic rings. The highest BCUT2D eigenvalue weighted by Crippen LogP contribution is 2.40. The van der Waals surface area contributed by atoms with E-state index in [1.165, 1.54) is 35.6 Å². The van der Waals surface area contributed by atoms with Gasteiger partial charge in [0.25, 0.3) is 11.8 Å². The summed E-state index contributed by atoms with van der Waals surface area (Å²) in [5.74, 6) is -0.334. The summed E-state index contributed by atoms with van der Waals surface area (Å²) in [5, 5.41) is 6.15. The second-order valence-corrected chi connectivity index (χ2v) is 12.2. The van der Waals surface area contributed by atoms with Gasteiger partial charge in [0.15, 0.2) is 15.9 Å². The quantitative estimate of drug-likeness (QED) is 0.642. The Morgan fingerprint density at radius 2 is 1.94 bits per heavy atom. The first-order valence-corrected chi connectivity index (χ1v) is 13.6. The summed E-state index contributed by atoms with van der Waals surface area (Å²) in [5.41, 5.74) is 1.35. The van der Waals surface area contributed by atoms with Crippen LogP contribution in [0.4, 0.5) is 9.39 Å². The van der Waals surface area contributed by atoms with Crippen molar-refractivity contribution in [3.05, 3.63) is 46.1 Å². The average molecular weight is 495 g/mol. The molecule has 1 aromatic carbocycles. The highest BCUT2D eigenvalue weighted by atomic mass is 32.2. The maximum atomic E-state index is 13.2. The number of ether oxygens (including phenoxy) is 1. The molecule has 2 heterocycles. The zero-order valence-corrected chi connectivity index (χ0v) is 20.2. The van der Waals surface area contributed by atoms with Crippen molar-refractivity contribution in [1.29, 1.82) is 0 Å². The Labute approximate surface area is 196 Å². The lowest BCUT2D eigenvalue weighted by atomic mass is 9.88. The molecule has 4 rings (SSSR count). The minimum atomic E-state index is -3.13. The Morgan fingerprint density at radius 1 is 1.21 bits per heavy atom. The first-order chi connectivity index (χ1) is 15.6. The molecule has 0 unspecified atom stereocenters. The number of fused-ring (bicyclic) bond motifs is 1. The number of thiophene rings is 1. The minimum absolute atomic E-state index is 0.0632. The van der Waals surface area contributed by atoms with Crippen LogP contribution in [0.3, 0.4) is 0 Å². The van der Waals surface area contributed by atoms with Crippen LogP contribution in [-0.4, -0.2) is 43.9 Å². The first-order valence-electron chi connectivity index (χ1n) is 11.0. The van der Waals surface area contributed by atoms with Gasteiger partial charge in [-0.15, -0.1) is 11.3 Å². The van der Waals surface area contributed by atoms with Gasteiger partial charge in [0.05, 0.1) is 17.1 Å². The Hall–Kier alpha value is -2.46. The number of hydrogen-bond acceptors (Lipinski definition) is 6. The third-order valence-corrected chi connectivity index (χ3v) is 8.98. The summed E-state index contributed by atoms with van der Waals surface area (Å²) < 4.78 is 42.3. The summed E-state index contributed by atoms with van der Waals surface area (Å²) in [6.45, 7) is 3.74. The molecule has 1 aliphatic heterocycles. The van der Waals surface area contributed by atoms with Crippen LogP contribution in [-0.2, 0) is 27.5 Å². The number of carbonyl (C=O) groups excluding carboxylic acids is 2. The summed E-state index contributed by atoms with van der Waals surface area (Å²) >= 11 is 1.39. The number of nitrogens with one attached hydrogen (secondary N) is 2. The van der Waals surface area contributed by atoms with Crippen molar-refractivity contribution in [3.63, 3.8) is 0 Å². The van der Waals surface area contributed by atoms with Gasteiger partial charge >= 0.3 is 0 Å². The normalized spacial score (nSPS) is 22.3. The molecule has 33 heavy (non-hydrogen) atoms. The van der Waals surface area contributed by atoms with E-state index in [4.69, 9.17) is 4.74 Å². The summed E-state index contributed by atoms with van der Waals surface area (Å²) in [6, 6.07) is 4.96. The molecule has 0 saturated carbocycles. The molecule has 1 saturated heterocycles. The number of hydrogen-bond donors (Lipinski definition) is 2. The van der Waals surface area contributed by atoms with Crippen molar-refractivity contribution in [2.45, 2.75) is 51.7 Å². The smallest absolute Gasteiger partial charge is 0.265 e. The van der Waals surface area contributed by atoms with E-state index in [-0.39, 0.29) is 17.4 Å². The van der Waals surface area contributed by atoms with Crippen LogP contribution in [0.1, 0.15) is 47.5 Å². The lowest BCUT2D eigenvalue weighted by molar-refractivity contribution is -0.122. The van der Waals surface area contributed by atoms with Crippen LogP contribution in [0.2, 0.25) is 0 Å². The molecule has 2 amide bonds. The number of halogens is 1. The highest BCUT2D eigenvalue weighted by molar-refractivity contribution is 7.91. The van der Waals surface area contributed by atoms with E-state index in [9.17, 15) is 22.4 Å². The lowest BCUT2D eigenvalue weighted by Crippen LogP contribution is -2.37. The number of sulfone groups is 1. The molecule has 0 bridgehead atoms. The fraction of sp³-hybridized carbons (Fsp3) is 0.478. The van der Waals surface area contributed by atoms with Crippen LogP contribution < -0.4 is 15.4 Å². The van der Waals surface area contributed by atoms with Crippen molar-refractivity contribution in [2.24, 2.45) is 5.92 Å². The monoisotopic (exact) mass is 494 g/mol. The van der Waals surface area contributed by atoms with Crippen LogP contribution in [0.5, 0.6) is 5.75 Å². The van der Waals surface area contributed by atoms with Crippen molar-refractivity contribution in [1.82, 2.24) is 5.32 Å². The summed E-state index contributed by atoms with van der Waals surface area (Å²) in [6.07, 6.45) is 2.02. The fourth-order valence-electron chi connectivity index (χ4n) is 4.23. The van der Waals surface area contributed by atoms with Crippen LogP contribution in [0, 0.1) is 11.7 Å². The molecule has 178 valence electrons. The standard InChI is InChI=1S/C23H27FN2O5S2/c1-13-3-8-18-19(11-13)32-23(20(18)22(28)25-16-9-10-33(29,30)12-16)26-21(27)14(2)31-17-6-4-15(24)5-7-17/h4-7,13-14,16H,3,8-12H2,1-2H3,(H,25,28)(H,26,27)/t13-,14+,16+/m1/s1. The van der Waals surface area contributed by atoms with Crippen LogP contribution >= 0.6 is 11.3 Å². The molecule has 1 aliphatic carbocycles. The van der Waals surface area contributed by atoms with Crippen molar-refractivity contribution >= 4 is 38.0 Å². The van der Waals surface area contributed by atoms with E-state index in [1.807, 2.05) is 0 Å². The first kappa shape index (κ1) is 23.7. The van der Waals surface area contributed by atoms with Gasteiger partial charge in [-0.3, -0.25) is 9.59 Å². The third kappa shape index (κ3) is 5.55. The Kier molecular flexibility index (Phi) is 6.76. The second-order valence-electron chi connectivity index (χ2n) is 8.83. The summed E-state index contributed by atoms with van der Waals surface area (Å²) in [4.78, 5) is 27.1. The zero-order chi connectivity index (χ0) is 23.8. The van der Waals surface area contributed by atoms with E-state index >= 15 is 0 Å². The average Bonchev–Trinajstić information content (AvgIpc) is 3.27. The van der Waals surface area contributed by atoms with Gasteiger partial charge in [0.1, 0.15) is 16.6 Å².